The number of carbonyl (C=O) groups excluding carboxylic acids is 1. The van der Waals surface area contributed by atoms with Gasteiger partial charge in [0, 0.05) is 24.6 Å². The van der Waals surface area contributed by atoms with E-state index in [2.05, 4.69) is 5.32 Å². The lowest BCUT2D eigenvalue weighted by molar-refractivity contribution is 0.0694. The van der Waals surface area contributed by atoms with Gasteiger partial charge in [-0.05, 0) is 0 Å². The summed E-state index contributed by atoms with van der Waals surface area (Å²) in [6, 6.07) is 4.57. The van der Waals surface area contributed by atoms with Crippen LogP contribution in [0.4, 0.5) is 0 Å². The highest BCUT2D eigenvalue weighted by Crippen LogP contribution is 2.34. The quantitative estimate of drug-likeness (QED) is 0.742. The molecule has 2 rings (SSSR count). The summed E-state index contributed by atoms with van der Waals surface area (Å²) in [5.74, 6) is 0.0459. The number of benzene rings is 1. The van der Waals surface area contributed by atoms with Gasteiger partial charge in [-0.2, -0.15) is 0 Å². The zero-order valence-corrected chi connectivity index (χ0v) is 15.0. The summed E-state index contributed by atoms with van der Waals surface area (Å²) >= 11 is 0. The summed E-state index contributed by atoms with van der Waals surface area (Å²) in [6.07, 6.45) is 0.370. The maximum atomic E-state index is 12.3. The molecule has 1 aromatic heterocycles. The molecule has 26 heavy (non-hydrogen) atoms. The molecule has 0 saturated heterocycles. The summed E-state index contributed by atoms with van der Waals surface area (Å²) in [6.45, 7) is 1.85. The minimum Gasteiger partial charge on any atom is -0.496 e. The number of hydrogen-bond acceptors (Lipinski definition) is 6. The predicted molar refractivity (Wildman–Crippen MR) is 92.3 cm³/mol. The van der Waals surface area contributed by atoms with Gasteiger partial charge in [0.2, 0.25) is 0 Å². The lowest BCUT2D eigenvalue weighted by atomic mass is 10.1. The monoisotopic (exact) mass is 363 g/mol. The van der Waals surface area contributed by atoms with Gasteiger partial charge in [-0.25, -0.2) is 4.79 Å². The van der Waals surface area contributed by atoms with Crippen LogP contribution < -0.4 is 19.5 Å². The number of furan rings is 1. The van der Waals surface area contributed by atoms with Crippen LogP contribution in [0.1, 0.15) is 39.2 Å². The zero-order chi connectivity index (χ0) is 19.3. The molecule has 0 fully saturated rings. The minimum atomic E-state index is -1.14. The average molecular weight is 363 g/mol. The Balaban J connectivity index is 2.23. The van der Waals surface area contributed by atoms with E-state index in [-0.39, 0.29) is 23.6 Å². The average Bonchev–Trinajstić information content (AvgIpc) is 3.10. The Kier molecular flexibility index (Phi) is 6.11. The van der Waals surface area contributed by atoms with Crippen LogP contribution in [0, 0.1) is 0 Å². The topological polar surface area (TPSA) is 107 Å². The number of carboxylic acids is 1. The summed E-state index contributed by atoms with van der Waals surface area (Å²) < 4.78 is 21.2. The Bertz CT molecular complexity index is 785. The molecule has 8 nitrogen and oxygen atoms in total. The molecule has 8 heteroatoms. The highest BCUT2D eigenvalue weighted by Gasteiger charge is 2.21. The van der Waals surface area contributed by atoms with Crippen molar-refractivity contribution in [2.75, 3.05) is 21.3 Å². The first-order valence-corrected chi connectivity index (χ1v) is 7.88. The van der Waals surface area contributed by atoms with Crippen LogP contribution in [-0.4, -0.2) is 38.3 Å². The molecule has 1 amide bonds. The smallest absolute Gasteiger partial charge is 0.339 e. The van der Waals surface area contributed by atoms with Gasteiger partial charge < -0.3 is 29.1 Å². The Morgan fingerprint density at radius 1 is 1.08 bits per heavy atom. The maximum absolute atomic E-state index is 12.3. The number of hydrogen-bond donors (Lipinski definition) is 2. The van der Waals surface area contributed by atoms with Crippen molar-refractivity contribution in [1.29, 1.82) is 0 Å². The van der Waals surface area contributed by atoms with E-state index in [9.17, 15) is 9.59 Å². The second-order valence-electron chi connectivity index (χ2n) is 5.30. The van der Waals surface area contributed by atoms with Gasteiger partial charge >= 0.3 is 5.97 Å². The third-order valence-electron chi connectivity index (χ3n) is 3.83. The van der Waals surface area contributed by atoms with Crippen molar-refractivity contribution in [3.63, 3.8) is 0 Å². The molecule has 2 N–H and O–H groups in total. The van der Waals surface area contributed by atoms with Crippen molar-refractivity contribution in [2.45, 2.75) is 19.9 Å². The molecule has 2 aromatic rings. The fourth-order valence-electron chi connectivity index (χ4n) is 2.49. The fraction of sp³-hybridized carbons (Fsp3) is 0.333. The highest BCUT2D eigenvalue weighted by molar-refractivity contribution is 5.96. The van der Waals surface area contributed by atoms with E-state index < -0.39 is 11.9 Å². The molecule has 1 aromatic carbocycles. The molecule has 140 valence electrons. The number of amides is 1. The van der Waals surface area contributed by atoms with Crippen molar-refractivity contribution < 1.29 is 33.3 Å². The molecular weight excluding hydrogens is 342 g/mol. The number of nitrogens with one attached hydrogen (secondary N) is 1. The normalized spacial score (nSPS) is 10.3. The van der Waals surface area contributed by atoms with Gasteiger partial charge in [0.25, 0.3) is 5.91 Å². The first-order chi connectivity index (χ1) is 12.4. The molecule has 0 saturated carbocycles. The van der Waals surface area contributed by atoms with Crippen LogP contribution in [0.3, 0.4) is 0 Å². The van der Waals surface area contributed by atoms with Crippen LogP contribution in [0.2, 0.25) is 0 Å². The standard InChI is InChI=1S/C18H21NO7/c1-5-13-11(18(21)22)8-16(26-13)17(20)19-9-12-14(24-3)6-10(23-2)7-15(12)25-4/h6-8H,5,9H2,1-4H3,(H,19,20)(H,21,22). The van der Waals surface area contributed by atoms with Crippen LogP contribution in [0.5, 0.6) is 17.2 Å². The summed E-state index contributed by atoms with van der Waals surface area (Å²) in [7, 11) is 4.52. The zero-order valence-electron chi connectivity index (χ0n) is 15.0. The lowest BCUT2D eigenvalue weighted by Crippen LogP contribution is -2.23. The van der Waals surface area contributed by atoms with Crippen LogP contribution in [0.15, 0.2) is 22.6 Å². The molecule has 0 unspecified atom stereocenters. The van der Waals surface area contributed by atoms with Gasteiger partial charge in [0.1, 0.15) is 28.6 Å². The second kappa shape index (κ2) is 8.28. The van der Waals surface area contributed by atoms with Crippen molar-refractivity contribution in [2.24, 2.45) is 0 Å². The number of ether oxygens (including phenoxy) is 3. The minimum absolute atomic E-state index is 0.0164. The van der Waals surface area contributed by atoms with Gasteiger partial charge in [-0.15, -0.1) is 0 Å². The Morgan fingerprint density at radius 3 is 2.12 bits per heavy atom. The molecule has 0 aliphatic rings. The number of carbonyl (C=O) groups is 2. The molecular formula is C18H21NO7. The molecule has 0 spiro atoms. The molecule has 0 radical (unpaired) electrons. The molecule has 0 aliphatic carbocycles. The molecule has 1 heterocycles. The number of aryl methyl sites for hydroxylation is 1. The molecule has 0 atom stereocenters. The third kappa shape index (κ3) is 3.90. The predicted octanol–water partition coefficient (Wildman–Crippen LogP) is 2.50. The molecule has 0 bridgehead atoms. The van der Waals surface area contributed by atoms with Crippen molar-refractivity contribution in [3.8, 4) is 17.2 Å². The summed E-state index contributed by atoms with van der Waals surface area (Å²) in [5, 5.41) is 11.8. The second-order valence-corrected chi connectivity index (χ2v) is 5.30. The van der Waals surface area contributed by atoms with Gasteiger partial charge in [0.15, 0.2) is 5.76 Å². The van der Waals surface area contributed by atoms with E-state index in [1.807, 2.05) is 0 Å². The largest absolute Gasteiger partial charge is 0.496 e. The molecule has 0 aliphatic heterocycles. The van der Waals surface area contributed by atoms with Crippen LogP contribution in [0.25, 0.3) is 0 Å². The Morgan fingerprint density at radius 2 is 1.69 bits per heavy atom. The lowest BCUT2D eigenvalue weighted by Gasteiger charge is -2.15. The van der Waals surface area contributed by atoms with E-state index in [1.54, 1.807) is 19.1 Å². The van der Waals surface area contributed by atoms with E-state index in [1.165, 1.54) is 27.4 Å². The van der Waals surface area contributed by atoms with Crippen LogP contribution in [-0.2, 0) is 13.0 Å². The number of aromatic carboxylic acids is 1. The first-order valence-electron chi connectivity index (χ1n) is 7.88. The van der Waals surface area contributed by atoms with Gasteiger partial charge in [0.05, 0.1) is 33.4 Å². The highest BCUT2D eigenvalue weighted by atomic mass is 16.5. The Hall–Kier alpha value is -3.16. The number of carboxylic acid groups (broad SMARTS) is 1. The van der Waals surface area contributed by atoms with Crippen molar-refractivity contribution in [1.82, 2.24) is 5.32 Å². The van der Waals surface area contributed by atoms with Gasteiger partial charge in [-0.3, -0.25) is 4.79 Å². The first kappa shape index (κ1) is 19.2. The van der Waals surface area contributed by atoms with Crippen molar-refractivity contribution in [3.05, 3.63) is 40.8 Å². The van der Waals surface area contributed by atoms with E-state index in [0.717, 1.165) is 0 Å². The number of rotatable bonds is 8. The fourth-order valence-corrected chi connectivity index (χ4v) is 2.49. The summed E-state index contributed by atoms with van der Waals surface area (Å²) in [4.78, 5) is 23.5. The van der Waals surface area contributed by atoms with Crippen molar-refractivity contribution >= 4 is 11.9 Å². The maximum Gasteiger partial charge on any atom is 0.339 e. The third-order valence-corrected chi connectivity index (χ3v) is 3.83. The summed E-state index contributed by atoms with van der Waals surface area (Å²) in [5.41, 5.74) is 0.599. The Labute approximate surface area is 150 Å². The van der Waals surface area contributed by atoms with E-state index >= 15 is 0 Å². The SMILES string of the molecule is CCc1oc(C(=O)NCc2c(OC)cc(OC)cc2OC)cc1C(=O)O. The van der Waals surface area contributed by atoms with E-state index in [4.69, 9.17) is 23.7 Å². The van der Waals surface area contributed by atoms with Crippen LogP contribution >= 0.6 is 0 Å². The number of methoxy groups -OCH3 is 3. The van der Waals surface area contributed by atoms with E-state index in [0.29, 0.717) is 29.2 Å². The van der Waals surface area contributed by atoms with Gasteiger partial charge in [-0.1, -0.05) is 6.92 Å².